The van der Waals surface area contributed by atoms with Crippen molar-refractivity contribution in [2.24, 2.45) is 0 Å². The van der Waals surface area contributed by atoms with Crippen molar-refractivity contribution in [3.8, 4) is 11.5 Å². The molecule has 1 aliphatic heterocycles. The molecule has 1 atom stereocenters. The molecular formula is C26H18ClNO6. The highest BCUT2D eigenvalue weighted by molar-refractivity contribution is 6.31. The minimum Gasteiger partial charge on any atom is -0.506 e. The number of Topliss-reactive ketones (excluding diaryl/α,β-unsaturated/α-hetero) is 1. The first kappa shape index (κ1) is 21.6. The monoisotopic (exact) mass is 475 g/mol. The van der Waals surface area contributed by atoms with Gasteiger partial charge in [0.05, 0.1) is 24.4 Å². The lowest BCUT2D eigenvalue weighted by molar-refractivity contribution is -0.117. The molecule has 1 aliphatic rings. The number of aromatic hydroxyl groups is 1. The molecule has 8 heteroatoms. The number of hydrogen-bond acceptors (Lipinski definition) is 6. The van der Waals surface area contributed by atoms with Crippen LogP contribution in [0.25, 0.3) is 11.0 Å². The van der Waals surface area contributed by atoms with Crippen molar-refractivity contribution in [3.05, 3.63) is 100 Å². The summed E-state index contributed by atoms with van der Waals surface area (Å²) in [5.74, 6) is -1.94. The summed E-state index contributed by atoms with van der Waals surface area (Å²) in [5, 5.41) is 22.4. The molecule has 0 aliphatic carbocycles. The van der Waals surface area contributed by atoms with Crippen LogP contribution in [0.1, 0.15) is 22.2 Å². The Bertz CT molecular complexity index is 1490. The third-order valence-electron chi connectivity index (χ3n) is 5.71. The summed E-state index contributed by atoms with van der Waals surface area (Å²) in [6.45, 7) is 0. The molecule has 34 heavy (non-hydrogen) atoms. The van der Waals surface area contributed by atoms with Gasteiger partial charge >= 0.3 is 0 Å². The molecule has 5 rings (SSSR count). The minimum atomic E-state index is -1.04. The number of rotatable bonds is 5. The highest BCUT2D eigenvalue weighted by Crippen LogP contribution is 2.45. The predicted molar refractivity (Wildman–Crippen MR) is 127 cm³/mol. The molecule has 0 radical (unpaired) electrons. The molecule has 1 unspecified atom stereocenters. The van der Waals surface area contributed by atoms with Crippen LogP contribution in [0.5, 0.6) is 11.5 Å². The number of hydrogen-bond donors (Lipinski definition) is 2. The molecule has 0 fully saturated rings. The Kier molecular flexibility index (Phi) is 5.26. The lowest BCUT2D eigenvalue weighted by Gasteiger charge is -2.27. The Labute approximate surface area is 199 Å². The van der Waals surface area contributed by atoms with E-state index >= 15 is 0 Å². The Morgan fingerprint density at radius 1 is 1.03 bits per heavy atom. The average molecular weight is 476 g/mol. The van der Waals surface area contributed by atoms with Crippen LogP contribution in [0, 0.1) is 0 Å². The van der Waals surface area contributed by atoms with E-state index in [2.05, 4.69) is 0 Å². The molecular weight excluding hydrogens is 458 g/mol. The fourth-order valence-electron chi connectivity index (χ4n) is 4.14. The van der Waals surface area contributed by atoms with Crippen molar-refractivity contribution < 1.29 is 29.0 Å². The molecule has 0 spiro atoms. The van der Waals surface area contributed by atoms with Crippen molar-refractivity contribution >= 4 is 39.9 Å². The number of phenols is 1. The highest BCUT2D eigenvalue weighted by Gasteiger charge is 2.46. The van der Waals surface area contributed by atoms with E-state index in [4.69, 9.17) is 20.8 Å². The number of amides is 1. The number of carbonyl (C=O) groups excluding carboxylic acids is 2. The average Bonchev–Trinajstić information content (AvgIpc) is 3.37. The summed E-state index contributed by atoms with van der Waals surface area (Å²) in [5.41, 5.74) is 0.910. The lowest BCUT2D eigenvalue weighted by Crippen LogP contribution is -2.31. The number of anilines is 1. The number of ether oxygens (including phenoxy) is 1. The van der Waals surface area contributed by atoms with E-state index in [0.717, 1.165) is 0 Å². The molecule has 2 heterocycles. The quantitative estimate of drug-likeness (QED) is 0.365. The normalized spacial score (nSPS) is 15.9. The SMILES string of the molecule is COc1cccc(C2C(C(=O)c3cc4cc(Cl)ccc4o3)=C(O)C(=O)N2c2ccccc2O)c1. The van der Waals surface area contributed by atoms with Crippen LogP contribution in [-0.4, -0.2) is 29.0 Å². The number of phenolic OH excluding ortho intramolecular Hbond substituents is 1. The van der Waals surface area contributed by atoms with Crippen LogP contribution in [-0.2, 0) is 4.79 Å². The molecule has 0 saturated heterocycles. The van der Waals surface area contributed by atoms with E-state index in [9.17, 15) is 19.8 Å². The predicted octanol–water partition coefficient (Wildman–Crippen LogP) is 5.58. The zero-order valence-electron chi connectivity index (χ0n) is 17.9. The van der Waals surface area contributed by atoms with Gasteiger partial charge in [-0.2, -0.15) is 0 Å². The summed E-state index contributed by atoms with van der Waals surface area (Å²) in [6, 6.07) is 18.4. The van der Waals surface area contributed by atoms with E-state index in [0.29, 0.717) is 27.3 Å². The topological polar surface area (TPSA) is 100 Å². The smallest absolute Gasteiger partial charge is 0.294 e. The third kappa shape index (κ3) is 3.47. The Balaban J connectivity index is 1.68. The van der Waals surface area contributed by atoms with Crippen molar-refractivity contribution in [3.63, 3.8) is 0 Å². The minimum absolute atomic E-state index is 0.0568. The number of carbonyl (C=O) groups is 2. The zero-order valence-corrected chi connectivity index (χ0v) is 18.6. The summed E-state index contributed by atoms with van der Waals surface area (Å²) in [4.78, 5) is 28.1. The van der Waals surface area contributed by atoms with Crippen LogP contribution in [0.2, 0.25) is 5.02 Å². The number of benzene rings is 3. The van der Waals surface area contributed by atoms with E-state index < -0.39 is 23.5 Å². The van der Waals surface area contributed by atoms with Crippen molar-refractivity contribution in [1.29, 1.82) is 0 Å². The molecule has 0 saturated carbocycles. The number of para-hydroxylation sites is 2. The molecule has 170 valence electrons. The van der Waals surface area contributed by atoms with Crippen LogP contribution in [0.3, 0.4) is 0 Å². The van der Waals surface area contributed by atoms with Crippen LogP contribution in [0.4, 0.5) is 5.69 Å². The van der Waals surface area contributed by atoms with E-state index in [1.807, 2.05) is 0 Å². The molecule has 7 nitrogen and oxygen atoms in total. The summed E-state index contributed by atoms with van der Waals surface area (Å²) < 4.78 is 11.0. The first-order chi connectivity index (χ1) is 16.4. The number of furan rings is 1. The summed E-state index contributed by atoms with van der Waals surface area (Å²) >= 11 is 6.05. The number of aliphatic hydroxyl groups excluding tert-OH is 1. The van der Waals surface area contributed by atoms with Gasteiger partial charge < -0.3 is 19.4 Å². The van der Waals surface area contributed by atoms with Gasteiger partial charge in [-0.15, -0.1) is 0 Å². The van der Waals surface area contributed by atoms with Gasteiger partial charge in [0.15, 0.2) is 11.5 Å². The maximum absolute atomic E-state index is 13.6. The van der Waals surface area contributed by atoms with E-state index in [1.54, 1.807) is 54.6 Å². The number of methoxy groups -OCH3 is 1. The lowest BCUT2D eigenvalue weighted by atomic mass is 9.94. The maximum Gasteiger partial charge on any atom is 0.294 e. The molecule has 1 aromatic heterocycles. The second-order valence-corrected chi connectivity index (χ2v) is 8.16. The van der Waals surface area contributed by atoms with E-state index in [-0.39, 0.29) is 22.8 Å². The summed E-state index contributed by atoms with van der Waals surface area (Å²) in [7, 11) is 1.50. The van der Waals surface area contributed by atoms with Crippen LogP contribution < -0.4 is 9.64 Å². The van der Waals surface area contributed by atoms with Crippen LogP contribution >= 0.6 is 11.6 Å². The molecule has 1 amide bonds. The van der Waals surface area contributed by atoms with Gasteiger partial charge in [0, 0.05) is 10.4 Å². The second kappa shape index (κ2) is 8.28. The number of halogens is 1. The fourth-order valence-corrected chi connectivity index (χ4v) is 4.32. The van der Waals surface area contributed by atoms with Gasteiger partial charge in [0.2, 0.25) is 5.78 Å². The zero-order chi connectivity index (χ0) is 24.0. The number of fused-ring (bicyclic) bond motifs is 1. The molecule has 0 bridgehead atoms. The fraction of sp³-hybridized carbons (Fsp3) is 0.0769. The second-order valence-electron chi connectivity index (χ2n) is 7.73. The molecule has 4 aromatic rings. The third-order valence-corrected chi connectivity index (χ3v) is 5.94. The van der Waals surface area contributed by atoms with Gasteiger partial charge in [0.1, 0.15) is 17.1 Å². The summed E-state index contributed by atoms with van der Waals surface area (Å²) in [6.07, 6.45) is 0. The number of ketones is 1. The van der Waals surface area contributed by atoms with Crippen molar-refractivity contribution in [2.75, 3.05) is 12.0 Å². The Hall–Kier alpha value is -4.23. The highest BCUT2D eigenvalue weighted by atomic mass is 35.5. The Morgan fingerprint density at radius 2 is 1.82 bits per heavy atom. The number of aliphatic hydroxyl groups is 1. The van der Waals surface area contributed by atoms with Crippen LogP contribution in [0.15, 0.2) is 88.5 Å². The van der Waals surface area contributed by atoms with Crippen molar-refractivity contribution in [2.45, 2.75) is 6.04 Å². The van der Waals surface area contributed by atoms with Crippen molar-refractivity contribution in [1.82, 2.24) is 0 Å². The largest absolute Gasteiger partial charge is 0.506 e. The molecule has 2 N–H and O–H groups in total. The standard InChI is InChI=1S/C26H18ClNO6/c1-33-17-6-4-5-14(12-17)23-22(24(30)21-13-15-11-16(27)9-10-20(15)34-21)25(31)26(32)28(23)18-7-2-3-8-19(18)29/h2-13,23,29,31H,1H3. The maximum atomic E-state index is 13.6. The molecule has 3 aromatic carbocycles. The first-order valence-electron chi connectivity index (χ1n) is 10.3. The van der Waals surface area contributed by atoms with Gasteiger partial charge in [0.25, 0.3) is 5.91 Å². The van der Waals surface area contributed by atoms with Gasteiger partial charge in [-0.3, -0.25) is 14.5 Å². The Morgan fingerprint density at radius 3 is 2.59 bits per heavy atom. The van der Waals surface area contributed by atoms with Gasteiger partial charge in [-0.05, 0) is 54.1 Å². The first-order valence-corrected chi connectivity index (χ1v) is 10.7. The van der Waals surface area contributed by atoms with E-state index in [1.165, 1.54) is 30.2 Å². The van der Waals surface area contributed by atoms with Gasteiger partial charge in [-0.25, -0.2) is 0 Å². The van der Waals surface area contributed by atoms with Gasteiger partial charge in [-0.1, -0.05) is 35.9 Å². The number of nitrogens with zero attached hydrogens (tertiary/aromatic N) is 1.